The number of imidazole rings is 1. The number of nitrogens with zero attached hydrogens (tertiary/aromatic N) is 3. The first kappa shape index (κ1) is 17.8. The maximum absolute atomic E-state index is 12.6. The number of benzene rings is 1. The quantitative estimate of drug-likeness (QED) is 0.550. The predicted molar refractivity (Wildman–Crippen MR) is 106 cm³/mol. The number of rotatable bonds is 5. The molecule has 1 aromatic carbocycles. The van der Waals surface area contributed by atoms with Gasteiger partial charge in [-0.3, -0.25) is 9.89 Å². The van der Waals surface area contributed by atoms with Crippen LogP contribution in [-0.2, 0) is 6.54 Å². The molecule has 0 spiro atoms. The van der Waals surface area contributed by atoms with Crippen LogP contribution in [0, 0.1) is 20.8 Å². The number of H-pyrrole nitrogens is 1. The average Bonchev–Trinajstić information content (AvgIpc) is 3.39. The van der Waals surface area contributed by atoms with Crippen molar-refractivity contribution < 1.29 is 9.21 Å². The molecular weight excluding hydrogens is 354 g/mol. The number of hydrogen-bond donors (Lipinski definition) is 2. The van der Waals surface area contributed by atoms with E-state index in [9.17, 15) is 4.79 Å². The summed E-state index contributed by atoms with van der Waals surface area (Å²) in [7, 11) is 0. The molecule has 3 aromatic heterocycles. The number of aryl methyl sites for hydroxylation is 2. The van der Waals surface area contributed by atoms with E-state index in [1.807, 2.05) is 63.5 Å². The van der Waals surface area contributed by atoms with Crippen molar-refractivity contribution in [3.05, 3.63) is 77.2 Å². The molecular formula is C21H21N5O2. The van der Waals surface area contributed by atoms with Crippen molar-refractivity contribution in [1.82, 2.24) is 19.7 Å². The maximum atomic E-state index is 12.6. The van der Waals surface area contributed by atoms with E-state index in [0.29, 0.717) is 23.7 Å². The van der Waals surface area contributed by atoms with Crippen LogP contribution in [0.15, 0.2) is 53.2 Å². The van der Waals surface area contributed by atoms with Crippen molar-refractivity contribution in [2.24, 2.45) is 0 Å². The Balaban J connectivity index is 1.48. The summed E-state index contributed by atoms with van der Waals surface area (Å²) < 4.78 is 7.64. The molecule has 142 valence electrons. The topological polar surface area (TPSA) is 88.7 Å². The summed E-state index contributed by atoms with van der Waals surface area (Å²) >= 11 is 0. The molecule has 0 saturated heterocycles. The molecule has 3 heterocycles. The summed E-state index contributed by atoms with van der Waals surface area (Å²) in [6.45, 7) is 6.60. The summed E-state index contributed by atoms with van der Waals surface area (Å²) in [5.41, 5.74) is 4.91. The Hall–Kier alpha value is -3.61. The molecule has 0 atom stereocenters. The van der Waals surface area contributed by atoms with Crippen molar-refractivity contribution in [2.75, 3.05) is 5.32 Å². The van der Waals surface area contributed by atoms with Gasteiger partial charge in [0.2, 0.25) is 0 Å². The fraction of sp³-hybridized carbons (Fsp3) is 0.190. The number of anilines is 1. The van der Waals surface area contributed by atoms with Crippen LogP contribution < -0.4 is 5.32 Å². The molecule has 7 nitrogen and oxygen atoms in total. The van der Waals surface area contributed by atoms with E-state index in [1.54, 1.807) is 6.07 Å². The average molecular weight is 375 g/mol. The summed E-state index contributed by atoms with van der Waals surface area (Å²) in [4.78, 5) is 16.9. The lowest BCUT2D eigenvalue weighted by Gasteiger charge is -2.08. The van der Waals surface area contributed by atoms with Crippen LogP contribution in [-0.4, -0.2) is 25.7 Å². The summed E-state index contributed by atoms with van der Waals surface area (Å²) in [5.74, 6) is 1.17. The number of amides is 1. The summed E-state index contributed by atoms with van der Waals surface area (Å²) in [5, 5.41) is 9.83. The van der Waals surface area contributed by atoms with E-state index in [0.717, 1.165) is 28.4 Å². The lowest BCUT2D eigenvalue weighted by molar-refractivity contribution is 0.102. The van der Waals surface area contributed by atoms with E-state index < -0.39 is 0 Å². The minimum Gasteiger partial charge on any atom is -0.460 e. The van der Waals surface area contributed by atoms with Gasteiger partial charge in [-0.15, -0.1) is 0 Å². The molecule has 28 heavy (non-hydrogen) atoms. The van der Waals surface area contributed by atoms with Crippen LogP contribution in [0.4, 0.5) is 5.69 Å². The largest absolute Gasteiger partial charge is 0.460 e. The Morgan fingerprint density at radius 2 is 2.04 bits per heavy atom. The standard InChI is InChI=1S/C21H21N5O2/c1-13-7-8-20(28-13)18-10-19(25-24-18)21(27)23-17-6-4-5-16(9-17)11-26-12-22-14(2)15(26)3/h4-10,12H,11H2,1-3H3,(H,23,27)(H,24,25). The first-order chi connectivity index (χ1) is 13.5. The van der Waals surface area contributed by atoms with Gasteiger partial charge in [0.15, 0.2) is 11.5 Å². The monoisotopic (exact) mass is 375 g/mol. The van der Waals surface area contributed by atoms with Gasteiger partial charge >= 0.3 is 0 Å². The van der Waals surface area contributed by atoms with Crippen molar-refractivity contribution in [3.8, 4) is 11.5 Å². The zero-order valence-corrected chi connectivity index (χ0v) is 16.0. The number of hydrogen-bond acceptors (Lipinski definition) is 4. The predicted octanol–water partition coefficient (Wildman–Crippen LogP) is 4.09. The lowest BCUT2D eigenvalue weighted by Crippen LogP contribution is -2.12. The number of aromatic amines is 1. The lowest BCUT2D eigenvalue weighted by atomic mass is 10.2. The number of nitrogens with one attached hydrogen (secondary N) is 2. The Labute approximate surface area is 162 Å². The number of furan rings is 1. The Morgan fingerprint density at radius 3 is 2.75 bits per heavy atom. The zero-order chi connectivity index (χ0) is 19.7. The number of aromatic nitrogens is 4. The van der Waals surface area contributed by atoms with Gasteiger partial charge in [-0.25, -0.2) is 4.98 Å². The molecule has 0 radical (unpaired) electrons. The van der Waals surface area contributed by atoms with Gasteiger partial charge in [-0.1, -0.05) is 12.1 Å². The summed E-state index contributed by atoms with van der Waals surface area (Å²) in [6.07, 6.45) is 1.83. The second-order valence-electron chi connectivity index (χ2n) is 6.77. The molecule has 0 aliphatic heterocycles. The highest BCUT2D eigenvalue weighted by atomic mass is 16.3. The van der Waals surface area contributed by atoms with Crippen molar-refractivity contribution in [3.63, 3.8) is 0 Å². The third-order valence-corrected chi connectivity index (χ3v) is 4.70. The third-order valence-electron chi connectivity index (χ3n) is 4.70. The van der Waals surface area contributed by atoms with Crippen LogP contribution in [0.3, 0.4) is 0 Å². The van der Waals surface area contributed by atoms with E-state index >= 15 is 0 Å². The molecule has 0 unspecified atom stereocenters. The van der Waals surface area contributed by atoms with Gasteiger partial charge in [-0.2, -0.15) is 5.10 Å². The van der Waals surface area contributed by atoms with Gasteiger partial charge in [0.25, 0.3) is 5.91 Å². The highest BCUT2D eigenvalue weighted by molar-refractivity contribution is 6.03. The van der Waals surface area contributed by atoms with Crippen LogP contribution >= 0.6 is 0 Å². The van der Waals surface area contributed by atoms with Gasteiger partial charge in [0.1, 0.15) is 11.5 Å². The van der Waals surface area contributed by atoms with Crippen LogP contribution in [0.2, 0.25) is 0 Å². The normalized spacial score (nSPS) is 11.0. The molecule has 7 heteroatoms. The first-order valence-electron chi connectivity index (χ1n) is 9.00. The number of carbonyl (C=O) groups is 1. The molecule has 2 N–H and O–H groups in total. The molecule has 4 rings (SSSR count). The molecule has 0 aliphatic rings. The smallest absolute Gasteiger partial charge is 0.276 e. The van der Waals surface area contributed by atoms with E-state index in [4.69, 9.17) is 4.42 Å². The van der Waals surface area contributed by atoms with Gasteiger partial charge in [-0.05, 0) is 50.6 Å². The second kappa shape index (κ2) is 7.19. The van der Waals surface area contributed by atoms with Crippen LogP contribution in [0.25, 0.3) is 11.5 Å². The van der Waals surface area contributed by atoms with Gasteiger partial charge < -0.3 is 14.3 Å². The van der Waals surface area contributed by atoms with Crippen molar-refractivity contribution in [2.45, 2.75) is 27.3 Å². The SMILES string of the molecule is Cc1ccc(-c2cc(C(=O)Nc3cccc(Cn4cnc(C)c4C)c3)n[nH]2)o1. The van der Waals surface area contributed by atoms with E-state index in [-0.39, 0.29) is 5.91 Å². The van der Waals surface area contributed by atoms with E-state index in [2.05, 4.69) is 25.1 Å². The second-order valence-corrected chi connectivity index (χ2v) is 6.77. The Kier molecular flexibility index (Phi) is 4.57. The van der Waals surface area contributed by atoms with Crippen LogP contribution in [0.1, 0.15) is 33.2 Å². The minimum absolute atomic E-state index is 0.280. The fourth-order valence-corrected chi connectivity index (χ4v) is 2.99. The van der Waals surface area contributed by atoms with Crippen LogP contribution in [0.5, 0.6) is 0 Å². The minimum atomic E-state index is -0.280. The zero-order valence-electron chi connectivity index (χ0n) is 16.0. The van der Waals surface area contributed by atoms with Crippen molar-refractivity contribution in [1.29, 1.82) is 0 Å². The summed E-state index contributed by atoms with van der Waals surface area (Å²) in [6, 6.07) is 13.1. The molecule has 4 aromatic rings. The molecule has 0 fully saturated rings. The highest BCUT2D eigenvalue weighted by Crippen LogP contribution is 2.21. The number of carbonyl (C=O) groups excluding carboxylic acids is 1. The molecule has 0 aliphatic carbocycles. The maximum Gasteiger partial charge on any atom is 0.276 e. The van der Waals surface area contributed by atoms with Gasteiger partial charge in [0.05, 0.1) is 12.0 Å². The molecule has 0 saturated carbocycles. The molecule has 1 amide bonds. The fourth-order valence-electron chi connectivity index (χ4n) is 2.99. The van der Waals surface area contributed by atoms with E-state index in [1.165, 1.54) is 0 Å². The third kappa shape index (κ3) is 3.59. The Bertz CT molecular complexity index is 1140. The molecule has 0 bridgehead atoms. The van der Waals surface area contributed by atoms with Crippen molar-refractivity contribution >= 4 is 11.6 Å². The van der Waals surface area contributed by atoms with Gasteiger partial charge in [0, 0.05) is 24.0 Å². The Morgan fingerprint density at radius 1 is 1.18 bits per heavy atom. The first-order valence-corrected chi connectivity index (χ1v) is 9.00. The highest BCUT2D eigenvalue weighted by Gasteiger charge is 2.14.